The zero-order valence-electron chi connectivity index (χ0n) is 13.4. The third kappa shape index (κ3) is 3.83. The van der Waals surface area contributed by atoms with E-state index in [1.807, 2.05) is 0 Å². The zero-order valence-corrected chi connectivity index (χ0v) is 13.4. The topological polar surface area (TPSA) is 15.3 Å². The fourth-order valence-corrected chi connectivity index (χ4v) is 3.26. The third-order valence-corrected chi connectivity index (χ3v) is 4.77. The van der Waals surface area contributed by atoms with Gasteiger partial charge in [0.1, 0.15) is 0 Å². The van der Waals surface area contributed by atoms with Crippen molar-refractivity contribution in [3.8, 4) is 0 Å². The van der Waals surface area contributed by atoms with Crippen LogP contribution in [0.5, 0.6) is 0 Å². The van der Waals surface area contributed by atoms with Crippen LogP contribution in [0.2, 0.25) is 0 Å². The molecule has 2 nitrogen and oxygen atoms in total. The standard InChI is InChI=1S/C18H30N2/c1-4-15(5-2)13-20(6-3)14-18-17-10-8-7-9-16(17)11-12-19-18/h7-10,15,18-19H,4-6,11-14H2,1-3H3. The fraction of sp³-hybridized carbons (Fsp3) is 0.667. The summed E-state index contributed by atoms with van der Waals surface area (Å²) in [6.07, 6.45) is 3.76. The summed E-state index contributed by atoms with van der Waals surface area (Å²) in [4.78, 5) is 2.62. The van der Waals surface area contributed by atoms with Crippen molar-refractivity contribution < 1.29 is 0 Å². The molecule has 0 radical (unpaired) electrons. The van der Waals surface area contributed by atoms with E-state index in [0.717, 1.165) is 25.6 Å². The van der Waals surface area contributed by atoms with Crippen LogP contribution in [0.25, 0.3) is 0 Å². The highest BCUT2D eigenvalue weighted by Crippen LogP contribution is 2.24. The molecule has 1 aliphatic rings. The molecule has 0 fully saturated rings. The Morgan fingerprint density at radius 1 is 1.20 bits per heavy atom. The van der Waals surface area contributed by atoms with E-state index < -0.39 is 0 Å². The Morgan fingerprint density at radius 2 is 1.95 bits per heavy atom. The van der Waals surface area contributed by atoms with Crippen molar-refractivity contribution in [2.24, 2.45) is 5.92 Å². The first kappa shape index (κ1) is 15.5. The summed E-state index contributed by atoms with van der Waals surface area (Å²) < 4.78 is 0. The lowest BCUT2D eigenvalue weighted by molar-refractivity contribution is 0.208. The average molecular weight is 274 g/mol. The van der Waals surface area contributed by atoms with Gasteiger partial charge in [0, 0.05) is 19.1 Å². The van der Waals surface area contributed by atoms with Crippen LogP contribution in [0, 0.1) is 5.92 Å². The van der Waals surface area contributed by atoms with Crippen molar-refractivity contribution in [1.82, 2.24) is 10.2 Å². The van der Waals surface area contributed by atoms with E-state index in [1.54, 1.807) is 0 Å². The average Bonchev–Trinajstić information content (AvgIpc) is 2.51. The molecule has 1 heterocycles. The van der Waals surface area contributed by atoms with Crippen LogP contribution in [-0.2, 0) is 6.42 Å². The first-order chi connectivity index (χ1) is 9.78. The zero-order chi connectivity index (χ0) is 14.4. The summed E-state index contributed by atoms with van der Waals surface area (Å²) in [5, 5.41) is 3.71. The molecule has 112 valence electrons. The van der Waals surface area contributed by atoms with Crippen LogP contribution >= 0.6 is 0 Å². The summed E-state index contributed by atoms with van der Waals surface area (Å²) >= 11 is 0. The van der Waals surface area contributed by atoms with Crippen molar-refractivity contribution in [3.05, 3.63) is 35.4 Å². The van der Waals surface area contributed by atoms with Crippen molar-refractivity contribution in [2.45, 2.75) is 46.1 Å². The predicted octanol–water partition coefficient (Wildman–Crippen LogP) is 3.63. The molecular formula is C18H30N2. The second-order valence-electron chi connectivity index (χ2n) is 5.99. The number of fused-ring (bicyclic) bond motifs is 1. The largest absolute Gasteiger partial charge is 0.309 e. The van der Waals surface area contributed by atoms with Gasteiger partial charge >= 0.3 is 0 Å². The lowest BCUT2D eigenvalue weighted by atomic mass is 9.93. The predicted molar refractivity (Wildman–Crippen MR) is 87.1 cm³/mol. The maximum atomic E-state index is 3.71. The Kier molecular flexibility index (Phi) is 6.06. The van der Waals surface area contributed by atoms with E-state index >= 15 is 0 Å². The molecule has 0 spiro atoms. The van der Waals surface area contributed by atoms with Gasteiger partial charge < -0.3 is 10.2 Å². The molecule has 1 N–H and O–H groups in total. The summed E-state index contributed by atoms with van der Waals surface area (Å²) in [6, 6.07) is 9.45. The van der Waals surface area contributed by atoms with E-state index in [2.05, 4.69) is 55.3 Å². The number of hydrogen-bond acceptors (Lipinski definition) is 2. The van der Waals surface area contributed by atoms with Crippen LogP contribution < -0.4 is 5.32 Å². The number of nitrogens with one attached hydrogen (secondary N) is 1. The minimum absolute atomic E-state index is 0.509. The minimum Gasteiger partial charge on any atom is -0.309 e. The van der Waals surface area contributed by atoms with Gasteiger partial charge in [-0.1, -0.05) is 57.9 Å². The quantitative estimate of drug-likeness (QED) is 0.817. The van der Waals surface area contributed by atoms with Crippen LogP contribution in [-0.4, -0.2) is 31.1 Å². The molecule has 1 aromatic rings. The minimum atomic E-state index is 0.509. The fourth-order valence-electron chi connectivity index (χ4n) is 3.26. The highest BCUT2D eigenvalue weighted by atomic mass is 15.1. The van der Waals surface area contributed by atoms with Gasteiger partial charge in [-0.25, -0.2) is 0 Å². The number of hydrogen-bond donors (Lipinski definition) is 1. The SMILES string of the molecule is CCC(CC)CN(CC)CC1NCCc2ccccc21. The Balaban J connectivity index is 2.01. The van der Waals surface area contributed by atoms with Crippen LogP contribution in [0.1, 0.15) is 50.8 Å². The highest BCUT2D eigenvalue weighted by Gasteiger charge is 2.21. The Bertz CT molecular complexity index is 398. The molecule has 0 aromatic heterocycles. The van der Waals surface area contributed by atoms with Gasteiger partial charge in [-0.3, -0.25) is 0 Å². The summed E-state index contributed by atoms with van der Waals surface area (Å²) in [5.74, 6) is 0.841. The van der Waals surface area contributed by atoms with E-state index in [9.17, 15) is 0 Å². The summed E-state index contributed by atoms with van der Waals surface area (Å²) in [5.41, 5.74) is 3.05. The maximum Gasteiger partial charge on any atom is 0.0452 e. The smallest absolute Gasteiger partial charge is 0.0452 e. The molecule has 1 aromatic carbocycles. The molecular weight excluding hydrogens is 244 g/mol. The second-order valence-corrected chi connectivity index (χ2v) is 5.99. The van der Waals surface area contributed by atoms with Gasteiger partial charge in [0.2, 0.25) is 0 Å². The van der Waals surface area contributed by atoms with E-state index in [-0.39, 0.29) is 0 Å². The Hall–Kier alpha value is -0.860. The third-order valence-electron chi connectivity index (χ3n) is 4.77. The molecule has 1 atom stereocenters. The summed E-state index contributed by atoms with van der Waals surface area (Å²) in [6.45, 7) is 11.6. The maximum absolute atomic E-state index is 3.71. The van der Waals surface area contributed by atoms with Crippen LogP contribution in [0.4, 0.5) is 0 Å². The molecule has 0 saturated heterocycles. The monoisotopic (exact) mass is 274 g/mol. The molecule has 0 bridgehead atoms. The van der Waals surface area contributed by atoms with E-state index in [1.165, 1.54) is 36.9 Å². The lowest BCUT2D eigenvalue weighted by Gasteiger charge is -2.33. The van der Waals surface area contributed by atoms with Gasteiger partial charge in [0.05, 0.1) is 0 Å². The highest BCUT2D eigenvalue weighted by molar-refractivity contribution is 5.32. The van der Waals surface area contributed by atoms with Gasteiger partial charge in [0.25, 0.3) is 0 Å². The Morgan fingerprint density at radius 3 is 2.65 bits per heavy atom. The van der Waals surface area contributed by atoms with E-state index in [0.29, 0.717) is 6.04 Å². The molecule has 0 saturated carbocycles. The molecule has 2 rings (SSSR count). The molecule has 1 unspecified atom stereocenters. The van der Waals surface area contributed by atoms with Crippen molar-refractivity contribution >= 4 is 0 Å². The van der Waals surface area contributed by atoms with Crippen LogP contribution in [0.15, 0.2) is 24.3 Å². The second kappa shape index (κ2) is 7.80. The van der Waals surface area contributed by atoms with Crippen molar-refractivity contribution in [3.63, 3.8) is 0 Å². The number of likely N-dealkylation sites (N-methyl/N-ethyl adjacent to an activating group) is 1. The van der Waals surface area contributed by atoms with Gasteiger partial charge in [-0.15, -0.1) is 0 Å². The van der Waals surface area contributed by atoms with Crippen molar-refractivity contribution in [1.29, 1.82) is 0 Å². The molecule has 20 heavy (non-hydrogen) atoms. The molecule has 1 aliphatic heterocycles. The molecule has 0 aliphatic carbocycles. The number of benzene rings is 1. The first-order valence-corrected chi connectivity index (χ1v) is 8.31. The number of rotatable bonds is 7. The van der Waals surface area contributed by atoms with Gasteiger partial charge in [-0.2, -0.15) is 0 Å². The van der Waals surface area contributed by atoms with E-state index in [4.69, 9.17) is 0 Å². The number of nitrogens with zero attached hydrogens (tertiary/aromatic N) is 1. The first-order valence-electron chi connectivity index (χ1n) is 8.31. The van der Waals surface area contributed by atoms with Crippen LogP contribution in [0.3, 0.4) is 0 Å². The molecule has 2 heteroatoms. The Labute approximate surface area is 124 Å². The lowest BCUT2D eigenvalue weighted by Crippen LogP contribution is -2.40. The van der Waals surface area contributed by atoms with Crippen molar-refractivity contribution in [2.75, 3.05) is 26.2 Å². The summed E-state index contributed by atoms with van der Waals surface area (Å²) in [7, 11) is 0. The van der Waals surface area contributed by atoms with Gasteiger partial charge in [-0.05, 0) is 36.6 Å². The van der Waals surface area contributed by atoms with Gasteiger partial charge in [0.15, 0.2) is 0 Å². The normalized spacial score (nSPS) is 18.6. The molecule has 0 amide bonds.